The molecule has 2 atom stereocenters. The van der Waals surface area contributed by atoms with Gasteiger partial charge in [0.2, 0.25) is 5.67 Å². The molecule has 0 aliphatic carbocycles. The van der Waals surface area contributed by atoms with Crippen LogP contribution in [0.3, 0.4) is 0 Å². The lowest BCUT2D eigenvalue weighted by Crippen LogP contribution is -2.68. The Bertz CT molecular complexity index is 378. The molecule has 0 radical (unpaired) electrons. The summed E-state index contributed by atoms with van der Waals surface area (Å²) >= 11 is 0. The van der Waals surface area contributed by atoms with Crippen molar-refractivity contribution < 1.29 is 52.7 Å². The van der Waals surface area contributed by atoms with Crippen molar-refractivity contribution in [3.63, 3.8) is 0 Å². The van der Waals surface area contributed by atoms with E-state index in [0.29, 0.717) is 6.42 Å². The molecule has 0 N–H and O–H groups in total. The molecule has 12 heteroatoms. The van der Waals surface area contributed by atoms with Crippen LogP contribution in [0.1, 0.15) is 39.0 Å². The van der Waals surface area contributed by atoms with Crippen molar-refractivity contribution in [3.05, 3.63) is 0 Å². The van der Waals surface area contributed by atoms with Gasteiger partial charge in [0.05, 0.1) is 0 Å². The predicted molar refractivity (Wildman–Crippen MR) is 59.5 cm³/mol. The summed E-state index contributed by atoms with van der Waals surface area (Å²) in [5, 5.41) is 0. The van der Waals surface area contributed by atoms with Gasteiger partial charge in [0, 0.05) is 0 Å². The van der Waals surface area contributed by atoms with E-state index in [4.69, 9.17) is 0 Å². The van der Waals surface area contributed by atoms with Gasteiger partial charge in [-0.15, -0.1) is 0 Å². The van der Waals surface area contributed by atoms with E-state index < -0.39 is 48.9 Å². The van der Waals surface area contributed by atoms with E-state index in [2.05, 4.69) is 0 Å². The molecule has 0 aromatic carbocycles. The Kier molecular flexibility index (Phi) is 6.93. The molecule has 0 heterocycles. The Morgan fingerprint density at radius 2 is 1.04 bits per heavy atom. The number of hydrogen-bond acceptors (Lipinski definition) is 0. The van der Waals surface area contributed by atoms with Gasteiger partial charge in [0.25, 0.3) is 0 Å². The highest BCUT2D eigenvalue weighted by molar-refractivity contribution is 5.11. The van der Waals surface area contributed by atoms with Crippen LogP contribution in [0.15, 0.2) is 0 Å². The number of halogens is 12. The number of unbranched alkanes of at least 4 members (excludes halogenated alkanes) is 3. The molecule has 0 amide bonds. The van der Waals surface area contributed by atoms with Crippen LogP contribution in [0.25, 0.3) is 0 Å². The summed E-state index contributed by atoms with van der Waals surface area (Å²) in [7, 11) is 0. The first kappa shape index (κ1) is 23.2. The van der Waals surface area contributed by atoms with Gasteiger partial charge in [-0.25, -0.2) is 13.2 Å². The minimum Gasteiger partial charge on any atom is -0.239 e. The van der Waals surface area contributed by atoms with Crippen molar-refractivity contribution in [2.75, 3.05) is 0 Å². The normalized spacial score (nSPS) is 18.4. The monoisotopic (exact) mass is 386 g/mol. The van der Waals surface area contributed by atoms with Gasteiger partial charge in [-0.2, -0.15) is 39.5 Å². The molecule has 0 aromatic rings. The van der Waals surface area contributed by atoms with E-state index >= 15 is 0 Å². The van der Waals surface area contributed by atoms with Crippen LogP contribution < -0.4 is 0 Å². The quantitative estimate of drug-likeness (QED) is 0.351. The Labute approximate surface area is 129 Å². The fourth-order valence-corrected chi connectivity index (χ4v) is 1.98. The van der Waals surface area contributed by atoms with E-state index in [0.717, 1.165) is 0 Å². The van der Waals surface area contributed by atoms with E-state index in [-0.39, 0.29) is 12.8 Å². The van der Waals surface area contributed by atoms with E-state index in [1.54, 1.807) is 6.92 Å². The molecule has 146 valence electrons. The second-order valence-corrected chi connectivity index (χ2v) is 5.24. The van der Waals surface area contributed by atoms with Crippen molar-refractivity contribution in [2.24, 2.45) is 0 Å². The average Bonchev–Trinajstić information content (AvgIpc) is 2.37. The number of rotatable bonds is 7. The van der Waals surface area contributed by atoms with Crippen molar-refractivity contribution in [1.82, 2.24) is 0 Å². The van der Waals surface area contributed by atoms with Crippen LogP contribution in [0, 0.1) is 0 Å². The van der Waals surface area contributed by atoms with E-state index in [9.17, 15) is 52.7 Å². The molecule has 24 heavy (non-hydrogen) atoms. The first-order valence-corrected chi connectivity index (χ1v) is 6.69. The predicted octanol–water partition coefficient (Wildman–Crippen LogP) is 6.40. The molecular weight excluding hydrogens is 372 g/mol. The highest BCUT2D eigenvalue weighted by Gasteiger charge is 2.83. The third-order valence-corrected chi connectivity index (χ3v) is 3.44. The Morgan fingerprint density at radius 1 is 0.625 bits per heavy atom. The largest absolute Gasteiger partial charge is 0.434 e. The summed E-state index contributed by atoms with van der Waals surface area (Å²) in [6.45, 7) is 1.56. The van der Waals surface area contributed by atoms with Crippen molar-refractivity contribution >= 4 is 0 Å². The van der Waals surface area contributed by atoms with Crippen LogP contribution in [-0.2, 0) is 0 Å². The third-order valence-electron chi connectivity index (χ3n) is 3.44. The maximum atomic E-state index is 13.9. The van der Waals surface area contributed by atoms with Crippen molar-refractivity contribution in [3.8, 4) is 0 Å². The Balaban J connectivity index is 5.93. The standard InChI is InChI=1S/C12H14F12/c1-2-3-4-5-6-8(14,10(16,17)18)7(13)9(15,11(19,20)21)12(22,23)24/h7H,2-6H2,1H3. The molecule has 0 aromatic heterocycles. The summed E-state index contributed by atoms with van der Waals surface area (Å²) in [4.78, 5) is 0. The SMILES string of the molecule is CCCCCCC(F)(C(F)C(F)(C(F)(F)F)C(F)(F)F)C(F)(F)F. The lowest BCUT2D eigenvalue weighted by atomic mass is 9.82. The molecule has 0 spiro atoms. The van der Waals surface area contributed by atoms with Gasteiger partial charge in [-0.05, 0) is 12.8 Å². The third kappa shape index (κ3) is 4.22. The average molecular weight is 386 g/mol. The van der Waals surface area contributed by atoms with Crippen LogP contribution in [0.2, 0.25) is 0 Å². The molecule has 2 unspecified atom stereocenters. The first-order chi connectivity index (χ1) is 10.5. The van der Waals surface area contributed by atoms with Crippen molar-refractivity contribution in [1.29, 1.82) is 0 Å². The summed E-state index contributed by atoms with van der Waals surface area (Å²) in [6.07, 6.45) is -28.8. The maximum absolute atomic E-state index is 13.9. The zero-order valence-electron chi connectivity index (χ0n) is 12.1. The Morgan fingerprint density at radius 3 is 1.33 bits per heavy atom. The topological polar surface area (TPSA) is 0 Å². The molecule has 0 nitrogen and oxygen atoms in total. The Hall–Kier alpha value is -0.840. The fraction of sp³-hybridized carbons (Fsp3) is 1.00. The van der Waals surface area contributed by atoms with Crippen LogP contribution in [0.4, 0.5) is 52.7 Å². The molecule has 0 rings (SSSR count). The van der Waals surface area contributed by atoms with Gasteiger partial charge in [0.15, 0.2) is 6.17 Å². The van der Waals surface area contributed by atoms with Gasteiger partial charge in [0.1, 0.15) is 0 Å². The number of alkyl halides is 12. The lowest BCUT2D eigenvalue weighted by Gasteiger charge is -2.40. The van der Waals surface area contributed by atoms with Gasteiger partial charge >= 0.3 is 24.2 Å². The maximum Gasteiger partial charge on any atom is 0.434 e. The number of hydrogen-bond donors (Lipinski definition) is 0. The summed E-state index contributed by atoms with van der Waals surface area (Å²) in [5.74, 6) is 0. The molecule has 0 saturated carbocycles. The first-order valence-electron chi connectivity index (χ1n) is 6.69. The van der Waals surface area contributed by atoms with Crippen LogP contribution >= 0.6 is 0 Å². The zero-order valence-corrected chi connectivity index (χ0v) is 12.1. The highest BCUT2D eigenvalue weighted by atomic mass is 19.4. The van der Waals surface area contributed by atoms with Crippen molar-refractivity contribution in [2.45, 2.75) is 75.1 Å². The summed E-state index contributed by atoms with van der Waals surface area (Å²) < 4.78 is 153. The highest BCUT2D eigenvalue weighted by Crippen LogP contribution is 2.56. The summed E-state index contributed by atoms with van der Waals surface area (Å²) in [6, 6.07) is 0. The molecular formula is C12H14F12. The molecule has 0 aliphatic heterocycles. The molecule has 0 bridgehead atoms. The van der Waals surface area contributed by atoms with Gasteiger partial charge in [-0.3, -0.25) is 0 Å². The minimum atomic E-state index is -7.13. The van der Waals surface area contributed by atoms with E-state index in [1.165, 1.54) is 0 Å². The molecule has 0 aliphatic rings. The molecule has 0 fully saturated rings. The fourth-order valence-electron chi connectivity index (χ4n) is 1.98. The van der Waals surface area contributed by atoms with Crippen LogP contribution in [-0.4, -0.2) is 36.0 Å². The second kappa shape index (κ2) is 7.19. The molecule has 0 saturated heterocycles. The van der Waals surface area contributed by atoms with Crippen LogP contribution in [0.5, 0.6) is 0 Å². The second-order valence-electron chi connectivity index (χ2n) is 5.24. The van der Waals surface area contributed by atoms with Gasteiger partial charge in [-0.1, -0.05) is 26.2 Å². The zero-order chi connectivity index (χ0) is 19.6. The smallest absolute Gasteiger partial charge is 0.239 e. The van der Waals surface area contributed by atoms with Gasteiger partial charge < -0.3 is 0 Å². The van der Waals surface area contributed by atoms with E-state index in [1.807, 2.05) is 0 Å². The minimum absolute atomic E-state index is 0.185. The summed E-state index contributed by atoms with van der Waals surface area (Å²) in [5.41, 5.74) is -12.6. The lowest BCUT2D eigenvalue weighted by molar-refractivity contribution is -0.383.